The van der Waals surface area contributed by atoms with Crippen LogP contribution in [0.25, 0.3) is 10.8 Å². The summed E-state index contributed by atoms with van der Waals surface area (Å²) in [4.78, 5) is 4.27. The molecule has 0 saturated carbocycles. The molecule has 0 amide bonds. The summed E-state index contributed by atoms with van der Waals surface area (Å²) in [6.45, 7) is 0.942. The minimum absolute atomic E-state index is 0.282. The van der Waals surface area contributed by atoms with Crippen LogP contribution in [0.4, 0.5) is 0 Å². The zero-order valence-electron chi connectivity index (χ0n) is 10.5. The van der Waals surface area contributed by atoms with Gasteiger partial charge in [0.05, 0.1) is 6.04 Å². The van der Waals surface area contributed by atoms with Crippen molar-refractivity contribution in [3.63, 3.8) is 0 Å². The summed E-state index contributed by atoms with van der Waals surface area (Å²) in [5, 5.41) is 6.09. The Hall–Kier alpha value is -2.19. The Kier molecular flexibility index (Phi) is 2.35. The summed E-state index contributed by atoms with van der Waals surface area (Å²) in [6, 6.07) is 17.5. The quantitative estimate of drug-likeness (QED) is 0.711. The first-order valence-corrected chi connectivity index (χ1v) is 6.57. The fourth-order valence-corrected chi connectivity index (χ4v) is 2.96. The third kappa shape index (κ3) is 1.65. The lowest BCUT2D eigenvalue weighted by atomic mass is 9.95. The van der Waals surface area contributed by atoms with E-state index in [4.69, 9.17) is 0 Å². The van der Waals surface area contributed by atoms with Gasteiger partial charge in [-0.25, -0.2) is 0 Å². The van der Waals surface area contributed by atoms with E-state index in [1.54, 1.807) is 0 Å². The number of aromatic nitrogens is 1. The van der Waals surface area contributed by atoms with Crippen molar-refractivity contribution in [1.29, 1.82) is 0 Å². The Bertz CT molecular complexity index is 744. The molecule has 1 unspecified atom stereocenters. The van der Waals surface area contributed by atoms with Crippen LogP contribution in [0.5, 0.6) is 0 Å². The molecule has 0 radical (unpaired) electrons. The summed E-state index contributed by atoms with van der Waals surface area (Å²) >= 11 is 0. The molecule has 0 spiro atoms. The van der Waals surface area contributed by atoms with Gasteiger partial charge in [-0.1, -0.05) is 42.5 Å². The topological polar surface area (TPSA) is 24.9 Å². The van der Waals surface area contributed by atoms with Crippen molar-refractivity contribution in [2.24, 2.45) is 0 Å². The molecule has 0 saturated heterocycles. The molecule has 2 heteroatoms. The molecule has 0 bridgehead atoms. The Labute approximate surface area is 112 Å². The van der Waals surface area contributed by atoms with Crippen LogP contribution < -0.4 is 5.32 Å². The number of benzene rings is 2. The normalized spacial score (nSPS) is 17.6. The summed E-state index contributed by atoms with van der Waals surface area (Å²) < 4.78 is 0. The molecule has 1 atom stereocenters. The number of nitrogens with zero attached hydrogens (tertiary/aromatic N) is 1. The highest BCUT2D eigenvalue weighted by Crippen LogP contribution is 2.34. The third-order valence-corrected chi connectivity index (χ3v) is 3.89. The highest BCUT2D eigenvalue weighted by atomic mass is 14.9. The van der Waals surface area contributed by atoms with Crippen LogP contribution in [0.1, 0.15) is 22.7 Å². The van der Waals surface area contributed by atoms with Crippen LogP contribution >= 0.6 is 0 Å². The number of hydrogen-bond acceptors (Lipinski definition) is 2. The van der Waals surface area contributed by atoms with Crippen molar-refractivity contribution in [3.05, 3.63) is 77.6 Å². The maximum atomic E-state index is 4.27. The number of hydrogen-bond donors (Lipinski definition) is 1. The molecule has 1 aliphatic heterocycles. The van der Waals surface area contributed by atoms with Gasteiger partial charge in [0.25, 0.3) is 0 Å². The van der Waals surface area contributed by atoms with Crippen molar-refractivity contribution >= 4 is 10.8 Å². The van der Waals surface area contributed by atoms with Crippen molar-refractivity contribution < 1.29 is 0 Å². The average Bonchev–Trinajstić information content (AvgIpc) is 2.90. The molecular formula is C17H14N2. The summed E-state index contributed by atoms with van der Waals surface area (Å²) in [6.07, 6.45) is 3.81. The van der Waals surface area contributed by atoms with Crippen molar-refractivity contribution in [2.75, 3.05) is 0 Å². The van der Waals surface area contributed by atoms with Crippen LogP contribution in [-0.4, -0.2) is 4.98 Å². The van der Waals surface area contributed by atoms with E-state index in [0.717, 1.165) is 6.54 Å². The first-order valence-electron chi connectivity index (χ1n) is 6.57. The predicted molar refractivity (Wildman–Crippen MR) is 76.9 cm³/mol. The van der Waals surface area contributed by atoms with Crippen molar-refractivity contribution in [1.82, 2.24) is 10.3 Å². The van der Waals surface area contributed by atoms with E-state index in [9.17, 15) is 0 Å². The second-order valence-corrected chi connectivity index (χ2v) is 4.96. The van der Waals surface area contributed by atoms with E-state index >= 15 is 0 Å². The molecule has 4 rings (SSSR count). The predicted octanol–water partition coefficient (Wildman–Crippen LogP) is 3.43. The van der Waals surface area contributed by atoms with Crippen LogP contribution in [-0.2, 0) is 6.54 Å². The second-order valence-electron chi connectivity index (χ2n) is 4.96. The standard InChI is InChI=1S/C17H14N2/c1-2-6-14-13(4-1)10-19-17(14)15-7-3-5-12-8-9-18-11-16(12)15/h1-9,11,17,19H,10H2. The molecule has 1 aliphatic rings. The molecule has 2 heterocycles. The highest BCUT2D eigenvalue weighted by molar-refractivity contribution is 5.85. The van der Waals surface area contributed by atoms with Gasteiger partial charge in [0, 0.05) is 24.3 Å². The summed E-state index contributed by atoms with van der Waals surface area (Å²) in [5.74, 6) is 0. The minimum atomic E-state index is 0.282. The van der Waals surface area contributed by atoms with Crippen LogP contribution in [0.3, 0.4) is 0 Å². The number of rotatable bonds is 1. The first-order chi connectivity index (χ1) is 9.43. The maximum absolute atomic E-state index is 4.27. The fraction of sp³-hybridized carbons (Fsp3) is 0.118. The number of nitrogens with one attached hydrogen (secondary N) is 1. The van der Waals surface area contributed by atoms with E-state index in [0.29, 0.717) is 0 Å². The largest absolute Gasteiger partial charge is 0.302 e. The van der Waals surface area contributed by atoms with Gasteiger partial charge in [-0.3, -0.25) is 4.98 Å². The molecule has 0 fully saturated rings. The van der Waals surface area contributed by atoms with E-state index in [2.05, 4.69) is 58.8 Å². The molecule has 0 aliphatic carbocycles. The van der Waals surface area contributed by atoms with Gasteiger partial charge in [-0.05, 0) is 28.1 Å². The third-order valence-electron chi connectivity index (χ3n) is 3.89. The molecule has 1 aromatic heterocycles. The van der Waals surface area contributed by atoms with Gasteiger partial charge in [0.2, 0.25) is 0 Å². The van der Waals surface area contributed by atoms with Gasteiger partial charge in [-0.2, -0.15) is 0 Å². The molecule has 19 heavy (non-hydrogen) atoms. The van der Waals surface area contributed by atoms with Gasteiger partial charge in [0.15, 0.2) is 0 Å². The number of pyridine rings is 1. The highest BCUT2D eigenvalue weighted by Gasteiger charge is 2.23. The zero-order valence-corrected chi connectivity index (χ0v) is 10.5. The summed E-state index contributed by atoms with van der Waals surface area (Å²) in [5.41, 5.74) is 4.10. The lowest BCUT2D eigenvalue weighted by molar-refractivity contribution is 0.671. The van der Waals surface area contributed by atoms with E-state index < -0.39 is 0 Å². The van der Waals surface area contributed by atoms with Crippen LogP contribution in [0.2, 0.25) is 0 Å². The Morgan fingerprint density at radius 2 is 1.84 bits per heavy atom. The fourth-order valence-electron chi connectivity index (χ4n) is 2.96. The zero-order chi connectivity index (χ0) is 12.7. The van der Waals surface area contributed by atoms with Gasteiger partial charge < -0.3 is 5.32 Å². The van der Waals surface area contributed by atoms with Gasteiger partial charge in [0.1, 0.15) is 0 Å². The van der Waals surface area contributed by atoms with Crippen molar-refractivity contribution in [3.8, 4) is 0 Å². The van der Waals surface area contributed by atoms with E-state index in [-0.39, 0.29) is 6.04 Å². The lowest BCUT2D eigenvalue weighted by Crippen LogP contribution is -2.13. The monoisotopic (exact) mass is 246 g/mol. The van der Waals surface area contributed by atoms with Gasteiger partial charge in [-0.15, -0.1) is 0 Å². The Morgan fingerprint density at radius 1 is 0.947 bits per heavy atom. The average molecular weight is 246 g/mol. The maximum Gasteiger partial charge on any atom is 0.0589 e. The minimum Gasteiger partial charge on any atom is -0.302 e. The SMILES string of the molecule is c1ccc2c(c1)CNC2c1cccc2ccncc12. The smallest absolute Gasteiger partial charge is 0.0589 e. The first kappa shape index (κ1) is 10.7. The number of fused-ring (bicyclic) bond motifs is 2. The molecule has 1 N–H and O–H groups in total. The molecular weight excluding hydrogens is 232 g/mol. The molecule has 2 aromatic carbocycles. The molecule has 92 valence electrons. The molecule has 2 nitrogen and oxygen atoms in total. The second kappa shape index (κ2) is 4.18. The Balaban J connectivity index is 1.93. The van der Waals surface area contributed by atoms with Crippen LogP contribution in [0, 0.1) is 0 Å². The summed E-state index contributed by atoms with van der Waals surface area (Å²) in [7, 11) is 0. The molecule has 3 aromatic rings. The van der Waals surface area contributed by atoms with E-state index in [1.165, 1.54) is 27.5 Å². The Morgan fingerprint density at radius 3 is 2.84 bits per heavy atom. The van der Waals surface area contributed by atoms with E-state index in [1.807, 2.05) is 12.4 Å². The van der Waals surface area contributed by atoms with Crippen LogP contribution in [0.15, 0.2) is 60.9 Å². The lowest BCUT2D eigenvalue weighted by Gasteiger charge is -2.15. The van der Waals surface area contributed by atoms with Crippen molar-refractivity contribution in [2.45, 2.75) is 12.6 Å². The van der Waals surface area contributed by atoms with Gasteiger partial charge >= 0.3 is 0 Å².